The van der Waals surface area contributed by atoms with Gasteiger partial charge in [-0.3, -0.25) is 0 Å². The Kier molecular flexibility index (Phi) is 4.32. The molecule has 0 radical (unpaired) electrons. The number of hydrogen-bond donors (Lipinski definition) is 1. The van der Waals surface area contributed by atoms with Crippen LogP contribution in [0.2, 0.25) is 0 Å². The Bertz CT molecular complexity index is 491. The van der Waals surface area contributed by atoms with E-state index < -0.39 is 0 Å². The smallest absolute Gasteiger partial charge is 0.222 e. The highest BCUT2D eigenvalue weighted by molar-refractivity contribution is 5.49. The fraction of sp³-hybridized carbons (Fsp3) is 0.765. The molecule has 0 spiro atoms. The van der Waals surface area contributed by atoms with Crippen LogP contribution in [0.5, 0.6) is 5.88 Å². The first kappa shape index (κ1) is 14.6. The van der Waals surface area contributed by atoms with E-state index in [4.69, 9.17) is 9.72 Å². The van der Waals surface area contributed by atoms with Gasteiger partial charge in [-0.15, -0.1) is 0 Å². The van der Waals surface area contributed by atoms with Gasteiger partial charge < -0.3 is 10.1 Å². The number of ether oxygens (including phenoxy) is 1. The zero-order valence-electron chi connectivity index (χ0n) is 13.5. The molecule has 4 heteroatoms. The lowest BCUT2D eigenvalue weighted by atomic mass is 9.89. The molecule has 116 valence electrons. The first-order chi connectivity index (χ1) is 10.2. The van der Waals surface area contributed by atoms with Crippen LogP contribution in [0.15, 0.2) is 0 Å². The number of aromatic nitrogens is 2. The molecule has 1 heterocycles. The summed E-state index contributed by atoms with van der Waals surface area (Å²) in [6.07, 6.45) is 7.61. The standard InChI is InChI=1S/C17H27N3O/c1-4-18-15-12(3)17(20-16(19-15)13-7-8-13)21-14-9-5-11(2)6-10-14/h11,13-14H,4-10H2,1-3H3,(H,18,19,20). The van der Waals surface area contributed by atoms with Gasteiger partial charge in [0.15, 0.2) is 0 Å². The molecule has 1 N–H and O–H groups in total. The van der Waals surface area contributed by atoms with Crippen LogP contribution in [0.4, 0.5) is 5.82 Å². The molecular formula is C17H27N3O. The average Bonchev–Trinajstić information content (AvgIpc) is 3.30. The predicted molar refractivity (Wildman–Crippen MR) is 85.0 cm³/mol. The Labute approximate surface area is 127 Å². The summed E-state index contributed by atoms with van der Waals surface area (Å²) in [6.45, 7) is 7.37. The van der Waals surface area contributed by atoms with Crippen LogP contribution in [0, 0.1) is 12.8 Å². The third-order valence-corrected chi connectivity index (χ3v) is 4.65. The molecule has 0 atom stereocenters. The van der Waals surface area contributed by atoms with Gasteiger partial charge in [-0.25, -0.2) is 4.98 Å². The summed E-state index contributed by atoms with van der Waals surface area (Å²) >= 11 is 0. The van der Waals surface area contributed by atoms with Gasteiger partial charge in [0, 0.05) is 12.5 Å². The zero-order valence-corrected chi connectivity index (χ0v) is 13.5. The molecule has 21 heavy (non-hydrogen) atoms. The van der Waals surface area contributed by atoms with Crippen LogP contribution in [0.25, 0.3) is 0 Å². The Hall–Kier alpha value is -1.32. The van der Waals surface area contributed by atoms with Crippen molar-refractivity contribution >= 4 is 5.82 Å². The molecule has 0 amide bonds. The van der Waals surface area contributed by atoms with E-state index in [1.165, 1.54) is 25.7 Å². The van der Waals surface area contributed by atoms with Crippen molar-refractivity contribution in [1.29, 1.82) is 0 Å². The molecule has 1 aromatic rings. The van der Waals surface area contributed by atoms with E-state index in [0.29, 0.717) is 12.0 Å². The summed E-state index contributed by atoms with van der Waals surface area (Å²) in [7, 11) is 0. The second-order valence-corrected chi connectivity index (χ2v) is 6.66. The second-order valence-electron chi connectivity index (χ2n) is 6.66. The SMILES string of the molecule is CCNc1nc(C2CC2)nc(OC2CCC(C)CC2)c1C. The number of anilines is 1. The molecule has 4 nitrogen and oxygen atoms in total. The van der Waals surface area contributed by atoms with E-state index in [1.54, 1.807) is 0 Å². The number of nitrogens with zero attached hydrogens (tertiary/aromatic N) is 2. The summed E-state index contributed by atoms with van der Waals surface area (Å²) in [6, 6.07) is 0. The molecule has 2 saturated carbocycles. The highest BCUT2D eigenvalue weighted by Crippen LogP contribution is 2.40. The van der Waals surface area contributed by atoms with Gasteiger partial charge in [-0.2, -0.15) is 4.98 Å². The molecule has 0 saturated heterocycles. The van der Waals surface area contributed by atoms with E-state index >= 15 is 0 Å². The van der Waals surface area contributed by atoms with Crippen molar-refractivity contribution in [3.05, 3.63) is 11.4 Å². The summed E-state index contributed by atoms with van der Waals surface area (Å²) < 4.78 is 6.25. The van der Waals surface area contributed by atoms with Gasteiger partial charge in [0.2, 0.25) is 5.88 Å². The first-order valence-corrected chi connectivity index (χ1v) is 8.46. The van der Waals surface area contributed by atoms with Crippen LogP contribution in [0.3, 0.4) is 0 Å². The van der Waals surface area contributed by atoms with E-state index in [0.717, 1.165) is 48.4 Å². The maximum absolute atomic E-state index is 6.25. The van der Waals surface area contributed by atoms with Crippen molar-refractivity contribution in [2.24, 2.45) is 5.92 Å². The summed E-state index contributed by atoms with van der Waals surface area (Å²) in [4.78, 5) is 9.40. The molecular weight excluding hydrogens is 262 g/mol. The monoisotopic (exact) mass is 289 g/mol. The Morgan fingerprint density at radius 2 is 1.81 bits per heavy atom. The molecule has 2 aliphatic carbocycles. The number of hydrogen-bond acceptors (Lipinski definition) is 4. The fourth-order valence-corrected chi connectivity index (χ4v) is 3.00. The maximum atomic E-state index is 6.25. The molecule has 0 bridgehead atoms. The zero-order chi connectivity index (χ0) is 14.8. The van der Waals surface area contributed by atoms with Crippen LogP contribution in [-0.2, 0) is 0 Å². The molecule has 0 aliphatic heterocycles. The summed E-state index contributed by atoms with van der Waals surface area (Å²) in [5, 5.41) is 3.35. The number of nitrogens with one attached hydrogen (secondary N) is 1. The minimum atomic E-state index is 0.330. The minimum absolute atomic E-state index is 0.330. The Balaban J connectivity index is 1.79. The first-order valence-electron chi connectivity index (χ1n) is 8.46. The van der Waals surface area contributed by atoms with Gasteiger partial charge in [-0.1, -0.05) is 6.92 Å². The highest BCUT2D eigenvalue weighted by atomic mass is 16.5. The van der Waals surface area contributed by atoms with Crippen LogP contribution in [-0.4, -0.2) is 22.6 Å². The lowest BCUT2D eigenvalue weighted by Gasteiger charge is -2.27. The highest BCUT2D eigenvalue weighted by Gasteiger charge is 2.29. The molecule has 3 rings (SSSR count). The van der Waals surface area contributed by atoms with E-state index in [9.17, 15) is 0 Å². The van der Waals surface area contributed by atoms with Crippen molar-refractivity contribution in [3.63, 3.8) is 0 Å². The molecule has 2 fully saturated rings. The van der Waals surface area contributed by atoms with Gasteiger partial charge in [0.05, 0.1) is 5.56 Å². The van der Waals surface area contributed by atoms with E-state index in [1.807, 2.05) is 0 Å². The van der Waals surface area contributed by atoms with E-state index in [-0.39, 0.29) is 0 Å². The molecule has 0 aromatic carbocycles. The van der Waals surface area contributed by atoms with Crippen molar-refractivity contribution in [2.75, 3.05) is 11.9 Å². The van der Waals surface area contributed by atoms with Crippen LogP contribution >= 0.6 is 0 Å². The average molecular weight is 289 g/mol. The summed E-state index contributed by atoms with van der Waals surface area (Å²) in [5.41, 5.74) is 1.06. The molecule has 2 aliphatic rings. The summed E-state index contributed by atoms with van der Waals surface area (Å²) in [5.74, 6) is 4.12. The predicted octanol–water partition coefficient (Wildman–Crippen LogP) is 4.05. The largest absolute Gasteiger partial charge is 0.474 e. The Morgan fingerprint density at radius 1 is 1.10 bits per heavy atom. The third-order valence-electron chi connectivity index (χ3n) is 4.65. The number of rotatable bonds is 5. The van der Waals surface area contributed by atoms with Crippen LogP contribution in [0.1, 0.15) is 69.7 Å². The van der Waals surface area contributed by atoms with Crippen molar-refractivity contribution < 1.29 is 4.74 Å². The van der Waals surface area contributed by atoms with Gasteiger partial charge in [-0.05, 0) is 58.3 Å². The quantitative estimate of drug-likeness (QED) is 0.888. The molecule has 0 unspecified atom stereocenters. The van der Waals surface area contributed by atoms with Crippen molar-refractivity contribution in [2.45, 2.75) is 71.3 Å². The maximum Gasteiger partial charge on any atom is 0.222 e. The van der Waals surface area contributed by atoms with E-state index in [2.05, 4.69) is 31.1 Å². The lowest BCUT2D eigenvalue weighted by molar-refractivity contribution is 0.129. The van der Waals surface area contributed by atoms with Crippen LogP contribution < -0.4 is 10.1 Å². The normalized spacial score (nSPS) is 25.7. The Morgan fingerprint density at radius 3 is 2.43 bits per heavy atom. The van der Waals surface area contributed by atoms with Crippen molar-refractivity contribution in [3.8, 4) is 5.88 Å². The second kappa shape index (κ2) is 6.20. The van der Waals surface area contributed by atoms with Crippen molar-refractivity contribution in [1.82, 2.24) is 9.97 Å². The fourth-order valence-electron chi connectivity index (χ4n) is 3.00. The topological polar surface area (TPSA) is 47.0 Å². The van der Waals surface area contributed by atoms with Gasteiger partial charge >= 0.3 is 0 Å². The third kappa shape index (κ3) is 3.47. The lowest BCUT2D eigenvalue weighted by Crippen LogP contribution is -2.24. The van der Waals surface area contributed by atoms with Gasteiger partial charge in [0.25, 0.3) is 0 Å². The van der Waals surface area contributed by atoms with Gasteiger partial charge in [0.1, 0.15) is 17.7 Å². The molecule has 1 aromatic heterocycles. The minimum Gasteiger partial charge on any atom is -0.474 e.